The summed E-state index contributed by atoms with van der Waals surface area (Å²) < 4.78 is 0. The number of imide groups is 2. The van der Waals surface area contributed by atoms with Crippen molar-refractivity contribution in [3.05, 3.63) is 95.1 Å². The number of rotatable bonds is 3. The van der Waals surface area contributed by atoms with Crippen LogP contribution in [0.4, 0.5) is 0 Å². The summed E-state index contributed by atoms with van der Waals surface area (Å²) in [5.74, 6) is -1.96. The SMILES string of the molecule is CCC(N1C(=O)c2ccc3ccccc3c2C1=O)N1C(=O)c2ccc3ccccc3c2C1=O. The molecular formula is C27H18N2O4. The van der Waals surface area contributed by atoms with Crippen LogP contribution in [0.25, 0.3) is 21.5 Å². The molecule has 6 heteroatoms. The third-order valence-corrected chi connectivity index (χ3v) is 6.58. The van der Waals surface area contributed by atoms with E-state index >= 15 is 0 Å². The van der Waals surface area contributed by atoms with Gasteiger partial charge in [-0.15, -0.1) is 0 Å². The topological polar surface area (TPSA) is 74.8 Å². The molecule has 0 fully saturated rings. The number of nitrogens with zero attached hydrogens (tertiary/aromatic N) is 2. The predicted molar refractivity (Wildman–Crippen MR) is 123 cm³/mol. The number of benzene rings is 4. The summed E-state index contributed by atoms with van der Waals surface area (Å²) in [4.78, 5) is 55.9. The molecule has 0 saturated heterocycles. The highest BCUT2D eigenvalue weighted by atomic mass is 16.2. The van der Waals surface area contributed by atoms with E-state index in [0.29, 0.717) is 33.0 Å². The highest BCUT2D eigenvalue weighted by molar-refractivity contribution is 6.29. The van der Waals surface area contributed by atoms with Gasteiger partial charge in [-0.3, -0.25) is 29.0 Å². The van der Waals surface area contributed by atoms with Gasteiger partial charge in [0.15, 0.2) is 0 Å². The maximum Gasteiger partial charge on any atom is 0.263 e. The van der Waals surface area contributed by atoms with Gasteiger partial charge in [-0.2, -0.15) is 0 Å². The summed E-state index contributed by atoms with van der Waals surface area (Å²) in [7, 11) is 0. The molecule has 0 N–H and O–H groups in total. The maximum absolute atomic E-state index is 13.5. The van der Waals surface area contributed by atoms with E-state index in [1.165, 1.54) is 0 Å². The quantitative estimate of drug-likeness (QED) is 0.441. The minimum absolute atomic E-state index is 0.229. The molecule has 6 rings (SSSR count). The second kappa shape index (κ2) is 6.84. The highest BCUT2D eigenvalue weighted by Crippen LogP contribution is 2.36. The van der Waals surface area contributed by atoms with Gasteiger partial charge in [0.05, 0.1) is 22.3 Å². The van der Waals surface area contributed by atoms with Crippen LogP contribution in [-0.4, -0.2) is 39.6 Å². The normalized spacial score (nSPS) is 15.3. The molecule has 0 aliphatic carbocycles. The van der Waals surface area contributed by atoms with Crippen LogP contribution < -0.4 is 0 Å². The Morgan fingerprint density at radius 1 is 0.576 bits per heavy atom. The van der Waals surface area contributed by atoms with Gasteiger partial charge in [0.2, 0.25) is 0 Å². The molecule has 2 aliphatic rings. The number of hydrogen-bond donors (Lipinski definition) is 0. The van der Waals surface area contributed by atoms with Gasteiger partial charge in [0, 0.05) is 0 Å². The van der Waals surface area contributed by atoms with Crippen molar-refractivity contribution >= 4 is 45.2 Å². The van der Waals surface area contributed by atoms with Crippen LogP contribution in [0.3, 0.4) is 0 Å². The van der Waals surface area contributed by atoms with E-state index in [1.54, 1.807) is 43.3 Å². The van der Waals surface area contributed by atoms with Crippen LogP contribution in [0.5, 0.6) is 0 Å². The predicted octanol–water partition coefficient (Wildman–Crippen LogP) is 4.62. The third kappa shape index (κ3) is 2.49. The molecule has 2 aliphatic heterocycles. The fourth-order valence-corrected chi connectivity index (χ4v) is 5.07. The zero-order chi connectivity index (χ0) is 22.9. The van der Waals surface area contributed by atoms with Crippen LogP contribution in [0.2, 0.25) is 0 Å². The minimum atomic E-state index is -1.01. The van der Waals surface area contributed by atoms with Crippen molar-refractivity contribution in [1.29, 1.82) is 0 Å². The molecule has 160 valence electrons. The van der Waals surface area contributed by atoms with E-state index in [-0.39, 0.29) is 6.42 Å². The molecule has 0 aromatic heterocycles. The smallest absolute Gasteiger partial charge is 0.263 e. The number of carbonyl (C=O) groups is 4. The lowest BCUT2D eigenvalue weighted by Crippen LogP contribution is -2.52. The summed E-state index contributed by atoms with van der Waals surface area (Å²) in [6.07, 6.45) is -0.783. The minimum Gasteiger partial charge on any atom is -0.268 e. The Balaban J connectivity index is 1.47. The van der Waals surface area contributed by atoms with Crippen LogP contribution in [0, 0.1) is 0 Å². The van der Waals surface area contributed by atoms with Crippen LogP contribution in [-0.2, 0) is 0 Å². The molecule has 6 nitrogen and oxygen atoms in total. The Hall–Kier alpha value is -4.32. The van der Waals surface area contributed by atoms with Crippen molar-refractivity contribution < 1.29 is 19.2 Å². The Labute approximate surface area is 189 Å². The van der Waals surface area contributed by atoms with Gasteiger partial charge >= 0.3 is 0 Å². The molecule has 4 aromatic carbocycles. The average molecular weight is 434 g/mol. The van der Waals surface area contributed by atoms with Gasteiger partial charge in [0.1, 0.15) is 6.17 Å². The van der Waals surface area contributed by atoms with E-state index in [2.05, 4.69) is 0 Å². The second-order valence-corrected chi connectivity index (χ2v) is 8.27. The first-order valence-electron chi connectivity index (χ1n) is 10.8. The van der Waals surface area contributed by atoms with Crippen LogP contribution in [0.1, 0.15) is 54.8 Å². The third-order valence-electron chi connectivity index (χ3n) is 6.58. The standard InChI is InChI=1S/C27H18N2O4/c1-2-21(28-24(30)19-13-11-15-7-3-5-9-17(15)22(19)26(28)32)29-25(31)20-14-12-16-8-4-6-10-18(16)23(20)27(29)33/h3-14,21H,2H2,1H3. The van der Waals surface area contributed by atoms with Crippen molar-refractivity contribution in [3.63, 3.8) is 0 Å². The van der Waals surface area contributed by atoms with Crippen molar-refractivity contribution in [2.24, 2.45) is 0 Å². The lowest BCUT2D eigenvalue weighted by Gasteiger charge is -2.31. The Morgan fingerprint density at radius 3 is 1.42 bits per heavy atom. The zero-order valence-electron chi connectivity index (χ0n) is 17.7. The molecule has 2 heterocycles. The van der Waals surface area contributed by atoms with E-state index in [1.807, 2.05) is 36.4 Å². The van der Waals surface area contributed by atoms with E-state index < -0.39 is 29.8 Å². The summed E-state index contributed by atoms with van der Waals surface area (Å²) in [5.41, 5.74) is 1.22. The van der Waals surface area contributed by atoms with Crippen LogP contribution in [0.15, 0.2) is 72.8 Å². The average Bonchev–Trinajstić information content (AvgIpc) is 3.25. The van der Waals surface area contributed by atoms with Crippen molar-refractivity contribution in [1.82, 2.24) is 9.80 Å². The van der Waals surface area contributed by atoms with E-state index in [9.17, 15) is 19.2 Å². The monoisotopic (exact) mass is 434 g/mol. The fourth-order valence-electron chi connectivity index (χ4n) is 5.07. The molecule has 4 amide bonds. The van der Waals surface area contributed by atoms with Gasteiger partial charge < -0.3 is 0 Å². The first-order chi connectivity index (χ1) is 16.0. The lowest BCUT2D eigenvalue weighted by atomic mass is 10.0. The summed E-state index contributed by atoms with van der Waals surface area (Å²) in [6.45, 7) is 1.76. The molecule has 4 aromatic rings. The Morgan fingerprint density at radius 2 is 1.00 bits per heavy atom. The van der Waals surface area contributed by atoms with Crippen molar-refractivity contribution in [2.75, 3.05) is 0 Å². The van der Waals surface area contributed by atoms with Gasteiger partial charge in [0.25, 0.3) is 23.6 Å². The van der Waals surface area contributed by atoms with Gasteiger partial charge in [-0.05, 0) is 40.1 Å². The summed E-state index contributed by atoms with van der Waals surface area (Å²) in [6, 6.07) is 21.6. The van der Waals surface area contributed by atoms with Gasteiger partial charge in [-0.1, -0.05) is 67.6 Å². The second-order valence-electron chi connectivity index (χ2n) is 8.27. The fraction of sp³-hybridized carbons (Fsp3) is 0.111. The van der Waals surface area contributed by atoms with E-state index in [0.717, 1.165) is 20.6 Å². The number of hydrogen-bond acceptors (Lipinski definition) is 4. The molecule has 0 unspecified atom stereocenters. The largest absolute Gasteiger partial charge is 0.268 e. The first kappa shape index (κ1) is 19.4. The number of amides is 4. The maximum atomic E-state index is 13.5. The van der Waals surface area contributed by atoms with Crippen molar-refractivity contribution in [2.45, 2.75) is 19.5 Å². The van der Waals surface area contributed by atoms with Crippen molar-refractivity contribution in [3.8, 4) is 0 Å². The number of carbonyl (C=O) groups excluding carboxylic acids is 4. The molecule has 0 saturated carbocycles. The zero-order valence-corrected chi connectivity index (χ0v) is 17.7. The first-order valence-corrected chi connectivity index (χ1v) is 10.8. The molecule has 0 atom stereocenters. The Kier molecular flexibility index (Phi) is 4.01. The highest BCUT2D eigenvalue weighted by Gasteiger charge is 2.48. The van der Waals surface area contributed by atoms with Gasteiger partial charge in [-0.25, -0.2) is 0 Å². The van der Waals surface area contributed by atoms with Crippen LogP contribution >= 0.6 is 0 Å². The van der Waals surface area contributed by atoms with E-state index in [4.69, 9.17) is 0 Å². The molecule has 33 heavy (non-hydrogen) atoms. The Bertz CT molecular complexity index is 1440. The summed E-state index contributed by atoms with van der Waals surface area (Å²) in [5, 5.41) is 3.05. The number of fused-ring (bicyclic) bond motifs is 6. The molecule has 0 bridgehead atoms. The molecular weight excluding hydrogens is 416 g/mol. The summed E-state index contributed by atoms with van der Waals surface area (Å²) >= 11 is 0. The lowest BCUT2D eigenvalue weighted by molar-refractivity contribution is 0.0283. The molecule has 0 radical (unpaired) electrons. The molecule has 0 spiro atoms.